The highest BCUT2D eigenvalue weighted by Crippen LogP contribution is 2.12. The third-order valence-electron chi connectivity index (χ3n) is 2.26. The number of halogens is 2. The van der Waals surface area contributed by atoms with Crippen LogP contribution in [0.1, 0.15) is 16.1 Å². The molecule has 0 aliphatic heterocycles. The molecule has 0 radical (unpaired) electrons. The predicted molar refractivity (Wildman–Crippen MR) is 54.6 cm³/mol. The van der Waals surface area contributed by atoms with Crippen molar-refractivity contribution in [1.29, 1.82) is 0 Å². The lowest BCUT2D eigenvalue weighted by Gasteiger charge is -2.06. The Morgan fingerprint density at radius 3 is 2.82 bits per heavy atom. The Hall–Kier alpha value is -2.24. The lowest BCUT2D eigenvalue weighted by Crippen LogP contribution is -2.11. The van der Waals surface area contributed by atoms with Crippen LogP contribution in [0.2, 0.25) is 0 Å². The van der Waals surface area contributed by atoms with Crippen molar-refractivity contribution >= 4 is 5.97 Å². The van der Waals surface area contributed by atoms with Gasteiger partial charge in [0.2, 0.25) is 0 Å². The van der Waals surface area contributed by atoms with Gasteiger partial charge in [0.05, 0.1) is 6.54 Å². The van der Waals surface area contributed by atoms with Crippen LogP contribution in [0, 0.1) is 11.6 Å². The Balaban J connectivity index is 2.34. The first kappa shape index (κ1) is 11.3. The van der Waals surface area contributed by atoms with Crippen LogP contribution in [0.3, 0.4) is 0 Å². The standard InChI is InChI=1S/C11H8F2N2O2/c12-8-1-2-9(13)7(5-8)6-15-10(11(16)17)3-4-14-15/h1-5H,6H2,(H,16,17). The molecule has 0 amide bonds. The zero-order valence-electron chi connectivity index (χ0n) is 8.60. The van der Waals surface area contributed by atoms with E-state index in [0.29, 0.717) is 0 Å². The Labute approximate surface area is 95.1 Å². The van der Waals surface area contributed by atoms with Crippen molar-refractivity contribution in [3.8, 4) is 0 Å². The van der Waals surface area contributed by atoms with E-state index in [0.717, 1.165) is 22.9 Å². The molecule has 1 N–H and O–H groups in total. The Morgan fingerprint density at radius 1 is 1.35 bits per heavy atom. The van der Waals surface area contributed by atoms with E-state index in [2.05, 4.69) is 5.10 Å². The van der Waals surface area contributed by atoms with Crippen molar-refractivity contribution in [1.82, 2.24) is 9.78 Å². The van der Waals surface area contributed by atoms with E-state index in [1.807, 2.05) is 0 Å². The fraction of sp³-hybridized carbons (Fsp3) is 0.0909. The van der Waals surface area contributed by atoms with Crippen LogP contribution in [0.5, 0.6) is 0 Å². The number of carboxylic acids is 1. The second-order valence-electron chi connectivity index (χ2n) is 3.41. The van der Waals surface area contributed by atoms with Gasteiger partial charge in [-0.25, -0.2) is 13.6 Å². The van der Waals surface area contributed by atoms with Gasteiger partial charge in [-0.1, -0.05) is 0 Å². The molecule has 88 valence electrons. The number of carboxylic acid groups (broad SMARTS) is 1. The summed E-state index contributed by atoms with van der Waals surface area (Å²) in [6.07, 6.45) is 1.29. The molecule has 0 bridgehead atoms. The van der Waals surface area contributed by atoms with Gasteiger partial charge in [-0.15, -0.1) is 0 Å². The summed E-state index contributed by atoms with van der Waals surface area (Å²) in [6.45, 7) is -0.127. The molecule has 0 atom stereocenters. The van der Waals surface area contributed by atoms with Crippen molar-refractivity contribution in [3.05, 3.63) is 53.4 Å². The van der Waals surface area contributed by atoms with E-state index in [4.69, 9.17) is 5.11 Å². The topological polar surface area (TPSA) is 55.1 Å². The van der Waals surface area contributed by atoms with Crippen LogP contribution in [-0.2, 0) is 6.54 Å². The summed E-state index contributed by atoms with van der Waals surface area (Å²) in [6, 6.07) is 4.30. The minimum Gasteiger partial charge on any atom is -0.477 e. The van der Waals surface area contributed by atoms with Gasteiger partial charge in [0.25, 0.3) is 0 Å². The zero-order valence-corrected chi connectivity index (χ0v) is 8.60. The van der Waals surface area contributed by atoms with Crippen molar-refractivity contribution in [2.75, 3.05) is 0 Å². The molecule has 0 fully saturated rings. The van der Waals surface area contributed by atoms with Crippen LogP contribution in [0.15, 0.2) is 30.5 Å². The molecular formula is C11H8F2N2O2. The number of benzene rings is 1. The summed E-state index contributed by atoms with van der Waals surface area (Å²) in [5, 5.41) is 12.6. The maximum absolute atomic E-state index is 13.3. The average molecular weight is 238 g/mol. The lowest BCUT2D eigenvalue weighted by atomic mass is 10.2. The molecule has 2 aromatic rings. The maximum atomic E-state index is 13.3. The second-order valence-corrected chi connectivity index (χ2v) is 3.41. The molecule has 6 heteroatoms. The van der Waals surface area contributed by atoms with Crippen LogP contribution in [0.4, 0.5) is 8.78 Å². The predicted octanol–water partition coefficient (Wildman–Crippen LogP) is 1.91. The molecule has 0 spiro atoms. The molecule has 0 saturated carbocycles. The highest BCUT2D eigenvalue weighted by atomic mass is 19.1. The van der Waals surface area contributed by atoms with Crippen molar-refractivity contribution < 1.29 is 18.7 Å². The average Bonchev–Trinajstić information content (AvgIpc) is 2.71. The third kappa shape index (κ3) is 2.30. The zero-order chi connectivity index (χ0) is 12.4. The fourth-order valence-corrected chi connectivity index (χ4v) is 1.47. The van der Waals surface area contributed by atoms with Gasteiger partial charge in [0.15, 0.2) is 0 Å². The van der Waals surface area contributed by atoms with Gasteiger partial charge in [-0.05, 0) is 24.3 Å². The molecule has 0 saturated heterocycles. The molecule has 0 aliphatic rings. The van der Waals surface area contributed by atoms with Gasteiger partial charge in [-0.3, -0.25) is 4.68 Å². The van der Waals surface area contributed by atoms with Crippen LogP contribution < -0.4 is 0 Å². The molecule has 1 aromatic heterocycles. The van der Waals surface area contributed by atoms with E-state index in [-0.39, 0.29) is 17.8 Å². The van der Waals surface area contributed by atoms with Crippen LogP contribution >= 0.6 is 0 Å². The fourth-order valence-electron chi connectivity index (χ4n) is 1.47. The summed E-state index contributed by atoms with van der Waals surface area (Å²) >= 11 is 0. The van der Waals surface area contributed by atoms with Gasteiger partial charge in [-0.2, -0.15) is 5.10 Å². The number of rotatable bonds is 3. The molecule has 1 aromatic carbocycles. The number of aromatic nitrogens is 2. The SMILES string of the molecule is O=C(O)c1ccnn1Cc1cc(F)ccc1F. The number of nitrogens with zero attached hydrogens (tertiary/aromatic N) is 2. The first-order chi connectivity index (χ1) is 8.08. The highest BCUT2D eigenvalue weighted by molar-refractivity contribution is 5.85. The minimum absolute atomic E-state index is 0.0520. The van der Waals surface area contributed by atoms with E-state index in [1.54, 1.807) is 0 Å². The lowest BCUT2D eigenvalue weighted by molar-refractivity contribution is 0.0684. The number of aromatic carboxylic acids is 1. The highest BCUT2D eigenvalue weighted by Gasteiger charge is 2.12. The molecule has 2 rings (SSSR count). The minimum atomic E-state index is -1.17. The largest absolute Gasteiger partial charge is 0.477 e. The maximum Gasteiger partial charge on any atom is 0.354 e. The monoisotopic (exact) mass is 238 g/mol. The molecular weight excluding hydrogens is 230 g/mol. The Kier molecular flexibility index (Phi) is 2.86. The Bertz CT molecular complexity index is 566. The Morgan fingerprint density at radius 2 is 2.12 bits per heavy atom. The summed E-state index contributed by atoms with van der Waals surface area (Å²) < 4.78 is 27.4. The first-order valence-corrected chi connectivity index (χ1v) is 4.77. The molecule has 17 heavy (non-hydrogen) atoms. The second kappa shape index (κ2) is 4.32. The smallest absolute Gasteiger partial charge is 0.354 e. The first-order valence-electron chi connectivity index (χ1n) is 4.77. The number of hydrogen-bond acceptors (Lipinski definition) is 2. The van der Waals surface area contributed by atoms with Gasteiger partial charge in [0, 0.05) is 11.8 Å². The molecule has 4 nitrogen and oxygen atoms in total. The van der Waals surface area contributed by atoms with E-state index < -0.39 is 17.6 Å². The van der Waals surface area contributed by atoms with Crippen LogP contribution in [0.25, 0.3) is 0 Å². The summed E-state index contributed by atoms with van der Waals surface area (Å²) in [7, 11) is 0. The van der Waals surface area contributed by atoms with Crippen molar-refractivity contribution in [2.24, 2.45) is 0 Å². The summed E-state index contributed by atoms with van der Waals surface area (Å²) in [5.74, 6) is -2.34. The van der Waals surface area contributed by atoms with Crippen LogP contribution in [-0.4, -0.2) is 20.9 Å². The van der Waals surface area contributed by atoms with Crippen molar-refractivity contribution in [2.45, 2.75) is 6.54 Å². The van der Waals surface area contributed by atoms with E-state index >= 15 is 0 Å². The van der Waals surface area contributed by atoms with E-state index in [9.17, 15) is 13.6 Å². The normalized spacial score (nSPS) is 10.5. The summed E-state index contributed by atoms with van der Waals surface area (Å²) in [5.41, 5.74) is -0.0233. The molecule has 1 heterocycles. The molecule has 0 unspecified atom stereocenters. The number of hydrogen-bond donors (Lipinski definition) is 1. The quantitative estimate of drug-likeness (QED) is 0.888. The number of carbonyl (C=O) groups is 1. The van der Waals surface area contributed by atoms with Gasteiger partial charge < -0.3 is 5.11 Å². The van der Waals surface area contributed by atoms with E-state index in [1.165, 1.54) is 12.3 Å². The third-order valence-corrected chi connectivity index (χ3v) is 2.26. The van der Waals surface area contributed by atoms with Gasteiger partial charge >= 0.3 is 5.97 Å². The summed E-state index contributed by atoms with van der Waals surface area (Å²) in [4.78, 5) is 10.8. The van der Waals surface area contributed by atoms with Crippen molar-refractivity contribution in [3.63, 3.8) is 0 Å². The van der Waals surface area contributed by atoms with Gasteiger partial charge in [0.1, 0.15) is 17.3 Å². The molecule has 0 aliphatic carbocycles.